The second-order valence-corrected chi connectivity index (χ2v) is 7.33. The van der Waals surface area contributed by atoms with Crippen LogP contribution in [0.3, 0.4) is 0 Å². The van der Waals surface area contributed by atoms with Crippen molar-refractivity contribution in [1.29, 1.82) is 0 Å². The van der Waals surface area contributed by atoms with E-state index in [-0.39, 0.29) is 0 Å². The van der Waals surface area contributed by atoms with Gasteiger partial charge in [0.1, 0.15) is 12.4 Å². The lowest BCUT2D eigenvalue weighted by Gasteiger charge is -2.33. The SMILES string of the molecule is c1ccc2c(c1)OCC2NC1CC2CC1C1CCCC21. The third-order valence-corrected chi connectivity index (χ3v) is 6.54. The highest BCUT2D eigenvalue weighted by molar-refractivity contribution is 5.39. The molecule has 2 bridgehead atoms. The first-order chi connectivity index (χ1) is 9.90. The largest absolute Gasteiger partial charge is 0.491 e. The molecule has 1 N–H and O–H groups in total. The van der Waals surface area contributed by atoms with Crippen molar-refractivity contribution in [2.75, 3.05) is 6.61 Å². The van der Waals surface area contributed by atoms with Crippen molar-refractivity contribution in [3.8, 4) is 5.75 Å². The smallest absolute Gasteiger partial charge is 0.124 e. The van der Waals surface area contributed by atoms with Crippen molar-refractivity contribution in [3.63, 3.8) is 0 Å². The van der Waals surface area contributed by atoms with E-state index in [1.54, 1.807) is 0 Å². The van der Waals surface area contributed by atoms with Crippen LogP contribution >= 0.6 is 0 Å². The minimum atomic E-state index is 0.426. The maximum Gasteiger partial charge on any atom is 0.124 e. The van der Waals surface area contributed by atoms with Crippen molar-refractivity contribution in [2.45, 2.75) is 44.2 Å². The van der Waals surface area contributed by atoms with E-state index in [0.717, 1.165) is 42.1 Å². The van der Waals surface area contributed by atoms with Gasteiger partial charge in [0.25, 0.3) is 0 Å². The molecule has 1 aromatic rings. The molecule has 5 rings (SSSR count). The number of nitrogens with one attached hydrogen (secondary N) is 1. The van der Waals surface area contributed by atoms with Crippen molar-refractivity contribution < 1.29 is 4.74 Å². The van der Waals surface area contributed by atoms with Crippen molar-refractivity contribution in [3.05, 3.63) is 29.8 Å². The Morgan fingerprint density at radius 3 is 2.90 bits per heavy atom. The molecule has 2 nitrogen and oxygen atoms in total. The van der Waals surface area contributed by atoms with Gasteiger partial charge in [0.15, 0.2) is 0 Å². The van der Waals surface area contributed by atoms with E-state index in [1.807, 2.05) is 0 Å². The third-order valence-electron chi connectivity index (χ3n) is 6.54. The van der Waals surface area contributed by atoms with E-state index in [0.29, 0.717) is 6.04 Å². The topological polar surface area (TPSA) is 21.3 Å². The number of rotatable bonds is 2. The summed E-state index contributed by atoms with van der Waals surface area (Å²) >= 11 is 0. The number of fused-ring (bicyclic) bond motifs is 6. The maximum atomic E-state index is 5.83. The molecular formula is C18H23NO. The first-order valence-corrected chi connectivity index (χ1v) is 8.38. The molecule has 106 valence electrons. The maximum absolute atomic E-state index is 5.83. The summed E-state index contributed by atoms with van der Waals surface area (Å²) in [6.07, 6.45) is 7.44. The lowest BCUT2D eigenvalue weighted by molar-refractivity contribution is 0.189. The van der Waals surface area contributed by atoms with Crippen LogP contribution in [0.15, 0.2) is 24.3 Å². The van der Waals surface area contributed by atoms with E-state index >= 15 is 0 Å². The van der Waals surface area contributed by atoms with E-state index < -0.39 is 0 Å². The monoisotopic (exact) mass is 269 g/mol. The van der Waals surface area contributed by atoms with Gasteiger partial charge in [-0.15, -0.1) is 0 Å². The molecule has 4 aliphatic rings. The minimum Gasteiger partial charge on any atom is -0.491 e. The zero-order valence-corrected chi connectivity index (χ0v) is 11.9. The highest BCUT2D eigenvalue weighted by atomic mass is 16.5. The Kier molecular flexibility index (Phi) is 2.46. The van der Waals surface area contributed by atoms with Crippen molar-refractivity contribution >= 4 is 0 Å². The van der Waals surface area contributed by atoms with E-state index in [9.17, 15) is 0 Å². The first-order valence-electron chi connectivity index (χ1n) is 8.38. The fourth-order valence-corrected chi connectivity index (χ4v) is 5.82. The summed E-state index contributed by atoms with van der Waals surface area (Å²) in [5.74, 6) is 5.21. The summed E-state index contributed by atoms with van der Waals surface area (Å²) in [7, 11) is 0. The quantitative estimate of drug-likeness (QED) is 0.886. The molecule has 0 aromatic heterocycles. The molecular weight excluding hydrogens is 246 g/mol. The summed E-state index contributed by atoms with van der Waals surface area (Å²) in [5.41, 5.74) is 1.37. The van der Waals surface area contributed by atoms with Crippen LogP contribution in [0, 0.1) is 23.7 Å². The standard InChI is InChI=1S/C18H23NO/c1-2-7-18-14(4-1)17(10-20-18)19-16-9-11-8-15(16)13-6-3-5-12(11)13/h1-2,4,7,11-13,15-17,19H,3,5-6,8-10H2. The van der Waals surface area contributed by atoms with Crippen LogP contribution < -0.4 is 10.1 Å². The molecule has 0 saturated heterocycles. The number of benzene rings is 1. The highest BCUT2D eigenvalue weighted by Crippen LogP contribution is 2.59. The highest BCUT2D eigenvalue weighted by Gasteiger charge is 2.54. The van der Waals surface area contributed by atoms with Gasteiger partial charge in [0, 0.05) is 11.6 Å². The molecule has 3 aliphatic carbocycles. The van der Waals surface area contributed by atoms with E-state index in [2.05, 4.69) is 29.6 Å². The Bertz CT molecular complexity index is 528. The molecule has 6 unspecified atom stereocenters. The van der Waals surface area contributed by atoms with E-state index in [4.69, 9.17) is 4.74 Å². The Hall–Kier alpha value is -1.02. The normalized spacial score (nSPS) is 44.4. The van der Waals surface area contributed by atoms with Gasteiger partial charge < -0.3 is 10.1 Å². The van der Waals surface area contributed by atoms with Crippen molar-refractivity contribution in [1.82, 2.24) is 5.32 Å². The van der Waals surface area contributed by atoms with Gasteiger partial charge in [-0.05, 0) is 55.4 Å². The Labute approximate surface area is 120 Å². The van der Waals surface area contributed by atoms with Gasteiger partial charge >= 0.3 is 0 Å². The molecule has 3 saturated carbocycles. The lowest BCUT2D eigenvalue weighted by atomic mass is 9.79. The second kappa shape index (κ2) is 4.24. The molecule has 6 atom stereocenters. The van der Waals surface area contributed by atoms with Gasteiger partial charge in [-0.3, -0.25) is 0 Å². The predicted molar refractivity (Wildman–Crippen MR) is 78.6 cm³/mol. The number of hydrogen-bond acceptors (Lipinski definition) is 2. The van der Waals surface area contributed by atoms with E-state index in [1.165, 1.54) is 37.7 Å². The summed E-state index contributed by atoms with van der Waals surface area (Å²) < 4.78 is 5.83. The number of para-hydroxylation sites is 1. The molecule has 1 heterocycles. The van der Waals surface area contributed by atoms with Crippen LogP contribution in [-0.4, -0.2) is 12.6 Å². The Morgan fingerprint density at radius 2 is 1.90 bits per heavy atom. The Morgan fingerprint density at radius 1 is 1.00 bits per heavy atom. The van der Waals surface area contributed by atoms with Gasteiger partial charge in [-0.2, -0.15) is 0 Å². The summed E-state index contributed by atoms with van der Waals surface area (Å²) in [6.45, 7) is 0.821. The van der Waals surface area contributed by atoms with Gasteiger partial charge in [0.05, 0.1) is 6.04 Å². The summed E-state index contributed by atoms with van der Waals surface area (Å²) in [4.78, 5) is 0. The lowest BCUT2D eigenvalue weighted by Crippen LogP contribution is -2.41. The first kappa shape index (κ1) is 11.6. The molecule has 20 heavy (non-hydrogen) atoms. The molecule has 2 heteroatoms. The van der Waals surface area contributed by atoms with Crippen LogP contribution in [0.5, 0.6) is 5.75 Å². The van der Waals surface area contributed by atoms with Crippen molar-refractivity contribution in [2.24, 2.45) is 23.7 Å². The van der Waals surface area contributed by atoms with Gasteiger partial charge in [-0.25, -0.2) is 0 Å². The molecule has 1 aromatic carbocycles. The summed E-state index contributed by atoms with van der Waals surface area (Å²) in [5, 5.41) is 3.95. The van der Waals surface area contributed by atoms with Gasteiger partial charge in [0.2, 0.25) is 0 Å². The molecule has 1 aliphatic heterocycles. The molecule has 0 radical (unpaired) electrons. The van der Waals surface area contributed by atoms with Crippen LogP contribution in [-0.2, 0) is 0 Å². The second-order valence-electron chi connectivity index (χ2n) is 7.33. The van der Waals surface area contributed by atoms with Crippen LogP contribution in [0.4, 0.5) is 0 Å². The third kappa shape index (κ3) is 1.54. The average molecular weight is 269 g/mol. The Balaban J connectivity index is 1.34. The molecule has 0 spiro atoms. The fourth-order valence-electron chi connectivity index (χ4n) is 5.82. The minimum absolute atomic E-state index is 0.426. The molecule has 0 amide bonds. The predicted octanol–water partition coefficient (Wildman–Crippen LogP) is 3.53. The van der Waals surface area contributed by atoms with Crippen LogP contribution in [0.2, 0.25) is 0 Å². The van der Waals surface area contributed by atoms with Gasteiger partial charge in [-0.1, -0.05) is 24.6 Å². The summed E-state index contributed by atoms with van der Waals surface area (Å²) in [6, 6.07) is 9.71. The number of hydrogen-bond donors (Lipinski definition) is 1. The van der Waals surface area contributed by atoms with Crippen LogP contribution in [0.25, 0.3) is 0 Å². The zero-order chi connectivity index (χ0) is 13.1. The van der Waals surface area contributed by atoms with Crippen LogP contribution in [0.1, 0.15) is 43.7 Å². The number of ether oxygens (including phenoxy) is 1. The average Bonchev–Trinajstić information content (AvgIpc) is 3.19. The molecule has 3 fully saturated rings. The zero-order valence-electron chi connectivity index (χ0n) is 11.9. The fraction of sp³-hybridized carbons (Fsp3) is 0.667.